The number of ether oxygens (including phenoxy) is 1. The Morgan fingerprint density at radius 1 is 1.73 bits per heavy atom. The third-order valence-corrected chi connectivity index (χ3v) is 1.72. The summed E-state index contributed by atoms with van der Waals surface area (Å²) in [5.74, 6) is -0.161. The lowest BCUT2D eigenvalue weighted by molar-refractivity contribution is -0.138. The summed E-state index contributed by atoms with van der Waals surface area (Å²) >= 11 is 10.9. The monoisotopic (exact) mass is 196 g/mol. The van der Waals surface area contributed by atoms with Crippen LogP contribution in [0.15, 0.2) is 12.2 Å². The molecule has 0 heterocycles. The smallest absolute Gasteiger partial charge is 0.333 e. The SMILES string of the molecule is C=C(C)C(=O)OCC(Cl)CCl. The molecule has 0 aliphatic heterocycles. The number of alkyl halides is 2. The molecule has 1 atom stereocenters. The van der Waals surface area contributed by atoms with Crippen LogP contribution in [0.2, 0.25) is 0 Å². The van der Waals surface area contributed by atoms with Gasteiger partial charge in [-0.05, 0) is 6.92 Å². The van der Waals surface area contributed by atoms with Crippen LogP contribution >= 0.6 is 23.2 Å². The van der Waals surface area contributed by atoms with Crippen LogP contribution in [-0.2, 0) is 9.53 Å². The molecule has 0 aromatic heterocycles. The average molecular weight is 197 g/mol. The van der Waals surface area contributed by atoms with E-state index in [1.54, 1.807) is 6.92 Å². The fourth-order valence-corrected chi connectivity index (χ4v) is 0.486. The fourth-order valence-electron chi connectivity index (χ4n) is 0.334. The standard InChI is InChI=1S/C7H10Cl2O2/c1-5(2)7(10)11-4-6(9)3-8/h6H,1,3-4H2,2H3. The highest BCUT2D eigenvalue weighted by atomic mass is 35.5. The highest BCUT2D eigenvalue weighted by Gasteiger charge is 2.07. The fraction of sp³-hybridized carbons (Fsp3) is 0.571. The Morgan fingerprint density at radius 3 is 2.64 bits per heavy atom. The quantitative estimate of drug-likeness (QED) is 0.391. The normalized spacial score (nSPS) is 12.3. The first-order valence-electron chi connectivity index (χ1n) is 3.10. The Balaban J connectivity index is 3.54. The van der Waals surface area contributed by atoms with Crippen LogP contribution < -0.4 is 0 Å². The molecule has 64 valence electrons. The van der Waals surface area contributed by atoms with E-state index in [4.69, 9.17) is 27.9 Å². The first kappa shape index (κ1) is 10.8. The molecule has 0 amide bonds. The first-order chi connectivity index (χ1) is 5.07. The molecule has 11 heavy (non-hydrogen) atoms. The average Bonchev–Trinajstić information content (AvgIpc) is 1.99. The first-order valence-corrected chi connectivity index (χ1v) is 4.07. The molecule has 0 aliphatic carbocycles. The van der Waals surface area contributed by atoms with Gasteiger partial charge in [-0.1, -0.05) is 6.58 Å². The number of hydrogen-bond acceptors (Lipinski definition) is 2. The molecule has 0 bridgehead atoms. The zero-order valence-corrected chi connectivity index (χ0v) is 7.78. The van der Waals surface area contributed by atoms with Crippen LogP contribution in [0.4, 0.5) is 0 Å². The molecule has 4 heteroatoms. The molecule has 0 saturated heterocycles. The Hall–Kier alpha value is -0.210. The molecule has 0 N–H and O–H groups in total. The van der Waals surface area contributed by atoms with Crippen LogP contribution in [0.1, 0.15) is 6.92 Å². The Kier molecular flexibility index (Phi) is 5.34. The molecule has 0 fully saturated rings. The molecule has 1 unspecified atom stereocenters. The van der Waals surface area contributed by atoms with Gasteiger partial charge in [-0.15, -0.1) is 23.2 Å². The molecular weight excluding hydrogens is 187 g/mol. The summed E-state index contributed by atoms with van der Waals surface area (Å²) in [6.45, 7) is 5.12. The van der Waals surface area contributed by atoms with E-state index in [0.29, 0.717) is 5.57 Å². The molecule has 0 aromatic rings. The second kappa shape index (κ2) is 5.44. The molecule has 0 spiro atoms. The van der Waals surface area contributed by atoms with E-state index in [1.807, 2.05) is 0 Å². The van der Waals surface area contributed by atoms with Crippen LogP contribution in [0, 0.1) is 0 Å². The zero-order chi connectivity index (χ0) is 8.85. The molecule has 0 aromatic carbocycles. The van der Waals surface area contributed by atoms with Gasteiger partial charge in [0.2, 0.25) is 0 Å². The van der Waals surface area contributed by atoms with Crippen molar-refractivity contribution in [1.29, 1.82) is 0 Å². The van der Waals surface area contributed by atoms with Crippen molar-refractivity contribution < 1.29 is 9.53 Å². The summed E-state index contributed by atoms with van der Waals surface area (Å²) in [6, 6.07) is 0. The predicted octanol–water partition coefficient (Wildman–Crippen LogP) is 1.95. The Morgan fingerprint density at radius 2 is 2.27 bits per heavy atom. The van der Waals surface area contributed by atoms with Crippen molar-refractivity contribution >= 4 is 29.2 Å². The lowest BCUT2D eigenvalue weighted by Gasteiger charge is -2.06. The van der Waals surface area contributed by atoms with E-state index in [-0.39, 0.29) is 17.9 Å². The number of rotatable bonds is 4. The van der Waals surface area contributed by atoms with E-state index in [1.165, 1.54) is 0 Å². The van der Waals surface area contributed by atoms with Crippen molar-refractivity contribution in [2.24, 2.45) is 0 Å². The number of carbonyl (C=O) groups excluding carboxylic acids is 1. The molecular formula is C7H10Cl2O2. The minimum absolute atomic E-state index is 0.136. The number of hydrogen-bond donors (Lipinski definition) is 0. The number of esters is 1. The molecule has 0 saturated carbocycles. The van der Waals surface area contributed by atoms with Crippen LogP contribution in [-0.4, -0.2) is 23.8 Å². The lowest BCUT2D eigenvalue weighted by Crippen LogP contribution is -2.15. The third kappa shape index (κ3) is 5.10. The van der Waals surface area contributed by atoms with Crippen molar-refractivity contribution in [2.75, 3.05) is 12.5 Å². The lowest BCUT2D eigenvalue weighted by atomic mass is 10.4. The molecule has 0 aliphatic rings. The predicted molar refractivity (Wildman–Crippen MR) is 46.1 cm³/mol. The summed E-state index contributed by atoms with van der Waals surface area (Å²) in [7, 11) is 0. The largest absolute Gasteiger partial charge is 0.461 e. The van der Waals surface area contributed by atoms with E-state index in [0.717, 1.165) is 0 Å². The van der Waals surface area contributed by atoms with Gasteiger partial charge in [0.25, 0.3) is 0 Å². The maximum Gasteiger partial charge on any atom is 0.333 e. The van der Waals surface area contributed by atoms with Gasteiger partial charge in [-0.25, -0.2) is 4.79 Å². The van der Waals surface area contributed by atoms with Gasteiger partial charge in [0, 0.05) is 11.5 Å². The molecule has 2 nitrogen and oxygen atoms in total. The van der Waals surface area contributed by atoms with E-state index in [9.17, 15) is 4.79 Å². The van der Waals surface area contributed by atoms with E-state index >= 15 is 0 Å². The maximum atomic E-state index is 10.7. The van der Waals surface area contributed by atoms with E-state index < -0.39 is 5.97 Å². The minimum atomic E-state index is -0.430. The summed E-state index contributed by atoms with van der Waals surface area (Å²) in [5.41, 5.74) is 0.364. The van der Waals surface area contributed by atoms with Gasteiger partial charge < -0.3 is 4.74 Å². The van der Waals surface area contributed by atoms with Gasteiger partial charge in [0.05, 0.1) is 5.38 Å². The van der Waals surface area contributed by atoms with Crippen LogP contribution in [0.5, 0.6) is 0 Å². The van der Waals surface area contributed by atoms with Gasteiger partial charge in [0.1, 0.15) is 6.61 Å². The molecule has 0 radical (unpaired) electrons. The highest BCUT2D eigenvalue weighted by Crippen LogP contribution is 2.01. The second-order valence-corrected chi connectivity index (χ2v) is 3.06. The van der Waals surface area contributed by atoms with Crippen molar-refractivity contribution in [3.8, 4) is 0 Å². The summed E-state index contributed by atoms with van der Waals surface area (Å²) < 4.78 is 4.70. The Labute approximate surface area is 76.1 Å². The number of halogens is 2. The summed E-state index contributed by atoms with van der Waals surface area (Å²) in [6.07, 6.45) is 0. The summed E-state index contributed by atoms with van der Waals surface area (Å²) in [5, 5.41) is -0.319. The minimum Gasteiger partial charge on any atom is -0.461 e. The Bertz CT molecular complexity index is 157. The van der Waals surface area contributed by atoms with E-state index in [2.05, 4.69) is 6.58 Å². The van der Waals surface area contributed by atoms with Crippen LogP contribution in [0.3, 0.4) is 0 Å². The van der Waals surface area contributed by atoms with Crippen molar-refractivity contribution in [3.05, 3.63) is 12.2 Å². The van der Waals surface area contributed by atoms with Gasteiger partial charge in [0.15, 0.2) is 0 Å². The van der Waals surface area contributed by atoms with Gasteiger partial charge in [-0.2, -0.15) is 0 Å². The number of carbonyl (C=O) groups is 1. The van der Waals surface area contributed by atoms with Crippen molar-refractivity contribution in [2.45, 2.75) is 12.3 Å². The zero-order valence-electron chi connectivity index (χ0n) is 6.27. The van der Waals surface area contributed by atoms with Crippen molar-refractivity contribution in [3.63, 3.8) is 0 Å². The second-order valence-electron chi connectivity index (χ2n) is 2.13. The van der Waals surface area contributed by atoms with Gasteiger partial charge >= 0.3 is 5.97 Å². The van der Waals surface area contributed by atoms with Crippen LogP contribution in [0.25, 0.3) is 0 Å². The molecule has 0 rings (SSSR count). The maximum absolute atomic E-state index is 10.7. The third-order valence-electron chi connectivity index (χ3n) is 0.911. The van der Waals surface area contributed by atoms with Crippen molar-refractivity contribution in [1.82, 2.24) is 0 Å². The topological polar surface area (TPSA) is 26.3 Å². The highest BCUT2D eigenvalue weighted by molar-refractivity contribution is 6.28. The van der Waals surface area contributed by atoms with Gasteiger partial charge in [-0.3, -0.25) is 0 Å². The summed E-state index contributed by atoms with van der Waals surface area (Å²) in [4.78, 5) is 10.7.